The SMILES string of the molecule is C=C/C=C(\C=C)CNC(=O)CC#N. The van der Waals surface area contributed by atoms with Crippen molar-refractivity contribution in [2.75, 3.05) is 6.54 Å². The van der Waals surface area contributed by atoms with Gasteiger partial charge in [-0.25, -0.2) is 0 Å². The second-order valence-corrected chi connectivity index (χ2v) is 2.29. The summed E-state index contributed by atoms with van der Waals surface area (Å²) in [7, 11) is 0. The lowest BCUT2D eigenvalue weighted by Gasteiger charge is -2.02. The third-order valence-corrected chi connectivity index (χ3v) is 1.32. The Balaban J connectivity index is 3.93. The molecule has 0 aromatic heterocycles. The van der Waals surface area contributed by atoms with E-state index in [1.807, 2.05) is 0 Å². The minimum absolute atomic E-state index is 0.113. The van der Waals surface area contributed by atoms with E-state index >= 15 is 0 Å². The average molecular weight is 176 g/mol. The van der Waals surface area contributed by atoms with Gasteiger partial charge in [0.15, 0.2) is 0 Å². The quantitative estimate of drug-likeness (QED) is 0.642. The van der Waals surface area contributed by atoms with Crippen molar-refractivity contribution in [2.45, 2.75) is 6.42 Å². The third-order valence-electron chi connectivity index (χ3n) is 1.32. The molecule has 0 atom stereocenters. The molecule has 0 heterocycles. The fraction of sp³-hybridized carbons (Fsp3) is 0.200. The summed E-state index contributed by atoms with van der Waals surface area (Å²) < 4.78 is 0. The predicted molar refractivity (Wildman–Crippen MR) is 51.7 cm³/mol. The molecule has 68 valence electrons. The molecular formula is C10H12N2O. The zero-order valence-corrected chi connectivity index (χ0v) is 7.42. The van der Waals surface area contributed by atoms with Crippen LogP contribution in [0.1, 0.15) is 6.42 Å². The van der Waals surface area contributed by atoms with Crippen LogP contribution in [0.5, 0.6) is 0 Å². The van der Waals surface area contributed by atoms with Crippen molar-refractivity contribution in [2.24, 2.45) is 0 Å². The van der Waals surface area contributed by atoms with Gasteiger partial charge in [-0.15, -0.1) is 0 Å². The summed E-state index contributed by atoms with van der Waals surface area (Å²) in [5.74, 6) is -0.278. The largest absolute Gasteiger partial charge is 0.351 e. The summed E-state index contributed by atoms with van der Waals surface area (Å²) in [5.41, 5.74) is 0.862. The van der Waals surface area contributed by atoms with Crippen LogP contribution >= 0.6 is 0 Å². The van der Waals surface area contributed by atoms with Crippen LogP contribution in [0.4, 0.5) is 0 Å². The molecule has 1 N–H and O–H groups in total. The van der Waals surface area contributed by atoms with Crippen molar-refractivity contribution < 1.29 is 4.79 Å². The van der Waals surface area contributed by atoms with E-state index in [9.17, 15) is 4.79 Å². The Labute approximate surface area is 78.1 Å². The summed E-state index contributed by atoms with van der Waals surface area (Å²) in [4.78, 5) is 10.8. The molecule has 3 heteroatoms. The Kier molecular flexibility index (Phi) is 5.90. The minimum Gasteiger partial charge on any atom is -0.351 e. The molecule has 0 fully saturated rings. The molecule has 0 aliphatic rings. The van der Waals surface area contributed by atoms with Crippen LogP contribution < -0.4 is 5.32 Å². The van der Waals surface area contributed by atoms with Crippen LogP contribution in [-0.4, -0.2) is 12.5 Å². The highest BCUT2D eigenvalue weighted by Crippen LogP contribution is 1.93. The predicted octanol–water partition coefficient (Wildman–Crippen LogP) is 1.31. The minimum atomic E-state index is -0.278. The number of carbonyl (C=O) groups excluding carboxylic acids is 1. The van der Waals surface area contributed by atoms with Gasteiger partial charge in [0.05, 0.1) is 6.07 Å². The average Bonchev–Trinajstić information content (AvgIpc) is 2.12. The fourth-order valence-corrected chi connectivity index (χ4v) is 0.685. The summed E-state index contributed by atoms with van der Waals surface area (Å²) in [6.07, 6.45) is 4.89. The second-order valence-electron chi connectivity index (χ2n) is 2.29. The molecule has 0 aliphatic heterocycles. The van der Waals surface area contributed by atoms with E-state index in [1.165, 1.54) is 0 Å². The number of rotatable bonds is 5. The van der Waals surface area contributed by atoms with Crippen LogP contribution in [0.15, 0.2) is 37.0 Å². The summed E-state index contributed by atoms with van der Waals surface area (Å²) in [6.45, 7) is 7.48. The van der Waals surface area contributed by atoms with E-state index < -0.39 is 0 Å². The van der Waals surface area contributed by atoms with Crippen LogP contribution in [-0.2, 0) is 4.79 Å². The van der Waals surface area contributed by atoms with E-state index in [4.69, 9.17) is 5.26 Å². The smallest absolute Gasteiger partial charge is 0.234 e. The second kappa shape index (κ2) is 6.86. The molecule has 13 heavy (non-hydrogen) atoms. The molecule has 0 aliphatic carbocycles. The van der Waals surface area contributed by atoms with Gasteiger partial charge in [0.1, 0.15) is 6.42 Å². The Morgan fingerprint density at radius 2 is 2.23 bits per heavy atom. The molecular weight excluding hydrogens is 164 g/mol. The highest BCUT2D eigenvalue weighted by atomic mass is 16.1. The number of hydrogen-bond donors (Lipinski definition) is 1. The Hall–Kier alpha value is -1.82. The van der Waals surface area contributed by atoms with E-state index in [0.717, 1.165) is 5.57 Å². The van der Waals surface area contributed by atoms with Crippen molar-refractivity contribution in [3.05, 3.63) is 37.0 Å². The Morgan fingerprint density at radius 1 is 1.54 bits per heavy atom. The lowest BCUT2D eigenvalue weighted by atomic mass is 10.2. The van der Waals surface area contributed by atoms with Gasteiger partial charge < -0.3 is 5.32 Å². The number of hydrogen-bond acceptors (Lipinski definition) is 2. The van der Waals surface area contributed by atoms with Gasteiger partial charge >= 0.3 is 0 Å². The maximum absolute atomic E-state index is 10.8. The summed E-state index contributed by atoms with van der Waals surface area (Å²) in [6, 6.07) is 1.76. The van der Waals surface area contributed by atoms with Crippen molar-refractivity contribution >= 4 is 5.91 Å². The molecule has 0 rings (SSSR count). The van der Waals surface area contributed by atoms with Crippen molar-refractivity contribution in [1.29, 1.82) is 5.26 Å². The summed E-state index contributed by atoms with van der Waals surface area (Å²) >= 11 is 0. The molecule has 0 spiro atoms. The molecule has 0 saturated heterocycles. The number of nitrogens with zero attached hydrogens (tertiary/aromatic N) is 1. The Morgan fingerprint density at radius 3 is 2.69 bits per heavy atom. The molecule has 0 saturated carbocycles. The zero-order valence-electron chi connectivity index (χ0n) is 7.42. The zero-order chi connectivity index (χ0) is 10.1. The first kappa shape index (κ1) is 11.2. The molecule has 0 radical (unpaired) electrons. The van der Waals surface area contributed by atoms with Crippen LogP contribution in [0.3, 0.4) is 0 Å². The summed E-state index contributed by atoms with van der Waals surface area (Å²) in [5, 5.41) is 10.8. The number of nitriles is 1. The maximum Gasteiger partial charge on any atom is 0.234 e. The molecule has 3 nitrogen and oxygen atoms in total. The van der Waals surface area contributed by atoms with Crippen molar-refractivity contribution in [3.8, 4) is 6.07 Å². The van der Waals surface area contributed by atoms with Crippen LogP contribution in [0, 0.1) is 11.3 Å². The topological polar surface area (TPSA) is 52.9 Å². The standard InChI is InChI=1S/C10H12N2O/c1-3-5-9(4-2)8-12-10(13)6-7-11/h3-5H,1-2,6,8H2,(H,12,13)/b9-5+. The van der Waals surface area contributed by atoms with Gasteiger partial charge in [0.2, 0.25) is 5.91 Å². The van der Waals surface area contributed by atoms with Gasteiger partial charge in [-0.05, 0) is 5.57 Å². The lowest BCUT2D eigenvalue weighted by molar-refractivity contribution is -0.119. The van der Waals surface area contributed by atoms with E-state index in [1.54, 1.807) is 24.3 Å². The first-order chi connectivity index (χ1) is 6.24. The van der Waals surface area contributed by atoms with E-state index in [2.05, 4.69) is 18.5 Å². The fourth-order valence-electron chi connectivity index (χ4n) is 0.685. The Bertz CT molecular complexity index is 271. The molecule has 1 amide bonds. The number of carbonyl (C=O) groups is 1. The number of allylic oxidation sites excluding steroid dienone is 2. The van der Waals surface area contributed by atoms with Crippen molar-refractivity contribution in [1.82, 2.24) is 5.32 Å². The number of amides is 1. The highest BCUT2D eigenvalue weighted by molar-refractivity contribution is 5.78. The normalized spacial score (nSPS) is 9.92. The number of nitrogens with one attached hydrogen (secondary N) is 1. The third kappa shape index (κ3) is 5.45. The van der Waals surface area contributed by atoms with Crippen molar-refractivity contribution in [3.63, 3.8) is 0 Å². The maximum atomic E-state index is 10.8. The molecule has 0 aromatic carbocycles. The van der Waals surface area contributed by atoms with Gasteiger partial charge in [-0.3, -0.25) is 4.79 Å². The molecule has 0 unspecified atom stereocenters. The van der Waals surface area contributed by atoms with E-state index in [0.29, 0.717) is 6.54 Å². The van der Waals surface area contributed by atoms with Gasteiger partial charge in [0.25, 0.3) is 0 Å². The van der Waals surface area contributed by atoms with Gasteiger partial charge in [0, 0.05) is 6.54 Å². The monoisotopic (exact) mass is 176 g/mol. The highest BCUT2D eigenvalue weighted by Gasteiger charge is 1.98. The first-order valence-electron chi connectivity index (χ1n) is 3.82. The first-order valence-corrected chi connectivity index (χ1v) is 3.82. The lowest BCUT2D eigenvalue weighted by Crippen LogP contribution is -2.24. The van der Waals surface area contributed by atoms with Gasteiger partial charge in [-0.2, -0.15) is 5.26 Å². The van der Waals surface area contributed by atoms with Crippen LogP contribution in [0.25, 0.3) is 0 Å². The molecule has 0 bridgehead atoms. The molecule has 0 aromatic rings. The van der Waals surface area contributed by atoms with Crippen LogP contribution in [0.2, 0.25) is 0 Å². The van der Waals surface area contributed by atoms with E-state index in [-0.39, 0.29) is 12.3 Å². The van der Waals surface area contributed by atoms with Gasteiger partial charge in [-0.1, -0.05) is 31.4 Å².